The van der Waals surface area contributed by atoms with E-state index in [2.05, 4.69) is 20.5 Å². The van der Waals surface area contributed by atoms with Crippen molar-refractivity contribution in [2.24, 2.45) is 5.73 Å². The number of carbonyl (C=O) groups excluding carboxylic acids is 2. The summed E-state index contributed by atoms with van der Waals surface area (Å²) in [5.74, 6) is -2.27. The Hall–Kier alpha value is -4.23. The fourth-order valence-electron chi connectivity index (χ4n) is 4.70. The fraction of sp³-hybridized carbons (Fsp3) is 0.321. The van der Waals surface area contributed by atoms with Gasteiger partial charge in [0.25, 0.3) is 5.91 Å². The van der Waals surface area contributed by atoms with Crippen molar-refractivity contribution in [3.8, 4) is 0 Å². The highest BCUT2D eigenvalue weighted by molar-refractivity contribution is 6.36. The standard InChI is InChI=1S/C28H28Cl2F2N8O3/c1-28(2,3)43-27(42)39-9-7-38(8-10-39)21-13-18(31)20(12-19(21)32)35-25-23(24(33)41)26-37-34-14-40(26)22(36-25)11-15-16(29)5-4-6-17(15)30/h4-6,12-14,35H,7-11H2,1-3H3,(H2,33,41). The molecule has 1 aliphatic heterocycles. The Bertz CT molecular complexity index is 1700. The smallest absolute Gasteiger partial charge is 0.410 e. The van der Waals surface area contributed by atoms with Crippen molar-refractivity contribution in [1.29, 1.82) is 0 Å². The van der Waals surface area contributed by atoms with E-state index in [9.17, 15) is 9.59 Å². The Morgan fingerprint density at radius 3 is 2.37 bits per heavy atom. The van der Waals surface area contributed by atoms with E-state index in [1.54, 1.807) is 43.9 Å². The van der Waals surface area contributed by atoms with E-state index in [4.69, 9.17) is 33.7 Å². The summed E-state index contributed by atoms with van der Waals surface area (Å²) in [6.07, 6.45) is 0.985. The van der Waals surface area contributed by atoms with E-state index in [1.165, 1.54) is 15.6 Å². The Balaban J connectivity index is 1.43. The zero-order valence-electron chi connectivity index (χ0n) is 23.5. The summed E-state index contributed by atoms with van der Waals surface area (Å²) in [7, 11) is 0. The third kappa shape index (κ3) is 6.42. The zero-order chi connectivity index (χ0) is 31.1. The average Bonchev–Trinajstić information content (AvgIpc) is 3.41. The summed E-state index contributed by atoms with van der Waals surface area (Å²) < 4.78 is 37.7. The minimum atomic E-state index is -0.907. The Morgan fingerprint density at radius 1 is 1.07 bits per heavy atom. The molecule has 2 aromatic carbocycles. The molecule has 0 radical (unpaired) electrons. The summed E-state index contributed by atoms with van der Waals surface area (Å²) in [6.45, 7) is 6.42. The lowest BCUT2D eigenvalue weighted by atomic mass is 10.1. The second-order valence-corrected chi connectivity index (χ2v) is 11.7. The SMILES string of the molecule is CC(C)(C)OC(=O)N1CCN(c2cc(F)c(Nc3nc(Cc4c(Cl)cccc4Cl)n4cnnc4c3C(N)=O)cc2F)CC1. The predicted molar refractivity (Wildman–Crippen MR) is 158 cm³/mol. The van der Waals surface area contributed by atoms with Gasteiger partial charge in [-0.2, -0.15) is 0 Å². The van der Waals surface area contributed by atoms with Gasteiger partial charge in [0.05, 0.1) is 11.4 Å². The molecule has 2 aromatic heterocycles. The lowest BCUT2D eigenvalue weighted by Gasteiger charge is -2.36. The van der Waals surface area contributed by atoms with Crippen LogP contribution in [0.25, 0.3) is 5.65 Å². The molecule has 5 rings (SSSR count). The van der Waals surface area contributed by atoms with E-state index in [0.717, 1.165) is 12.1 Å². The average molecular weight is 633 g/mol. The van der Waals surface area contributed by atoms with Crippen molar-refractivity contribution in [3.05, 3.63) is 75.3 Å². The van der Waals surface area contributed by atoms with E-state index in [1.807, 2.05) is 0 Å². The first kappa shape index (κ1) is 30.2. The second kappa shape index (κ2) is 11.8. The highest BCUT2D eigenvalue weighted by Gasteiger charge is 2.28. The van der Waals surface area contributed by atoms with Crippen LogP contribution in [0.4, 0.5) is 30.8 Å². The lowest BCUT2D eigenvalue weighted by molar-refractivity contribution is 0.0240. The summed E-state index contributed by atoms with van der Waals surface area (Å²) in [5, 5.41) is 11.4. The van der Waals surface area contributed by atoms with E-state index in [-0.39, 0.29) is 61.0 Å². The lowest BCUT2D eigenvalue weighted by Crippen LogP contribution is -2.50. The van der Waals surface area contributed by atoms with E-state index < -0.39 is 29.2 Å². The third-order valence-corrected chi connectivity index (χ3v) is 7.44. The van der Waals surface area contributed by atoms with Gasteiger partial charge in [-0.05, 0) is 38.5 Å². The normalized spacial score (nSPS) is 13.8. The van der Waals surface area contributed by atoms with Crippen LogP contribution in [0.3, 0.4) is 0 Å². The molecular formula is C28H28Cl2F2N8O3. The number of rotatable bonds is 6. The number of hydrogen-bond donors (Lipinski definition) is 2. The molecule has 0 aliphatic carbocycles. The van der Waals surface area contributed by atoms with Crippen LogP contribution in [0, 0.1) is 11.6 Å². The van der Waals surface area contributed by atoms with Crippen molar-refractivity contribution in [3.63, 3.8) is 0 Å². The van der Waals surface area contributed by atoms with Crippen LogP contribution in [0.5, 0.6) is 0 Å². The van der Waals surface area contributed by atoms with Crippen molar-refractivity contribution in [2.45, 2.75) is 32.8 Å². The number of piperazine rings is 1. The zero-order valence-corrected chi connectivity index (χ0v) is 25.0. The molecule has 226 valence electrons. The topological polar surface area (TPSA) is 131 Å². The largest absolute Gasteiger partial charge is 0.444 e. The Kier molecular flexibility index (Phi) is 8.30. The number of primary amides is 1. The van der Waals surface area contributed by atoms with Crippen molar-refractivity contribution in [2.75, 3.05) is 36.4 Å². The van der Waals surface area contributed by atoms with Gasteiger partial charge in [-0.1, -0.05) is 29.3 Å². The molecule has 1 fully saturated rings. The van der Waals surface area contributed by atoms with E-state index >= 15 is 8.78 Å². The number of aromatic nitrogens is 4. The van der Waals surface area contributed by atoms with Gasteiger partial charge >= 0.3 is 6.09 Å². The van der Waals surface area contributed by atoms with Gasteiger partial charge in [0, 0.05) is 54.8 Å². The molecule has 0 unspecified atom stereocenters. The Labute approximate surface area is 255 Å². The summed E-state index contributed by atoms with van der Waals surface area (Å²) in [4.78, 5) is 32.5. The number of halogens is 4. The number of amides is 2. The van der Waals surface area contributed by atoms with Crippen LogP contribution < -0.4 is 16.0 Å². The minimum absolute atomic E-state index is 0.0249. The van der Waals surface area contributed by atoms with Gasteiger partial charge < -0.3 is 25.6 Å². The van der Waals surface area contributed by atoms with Gasteiger partial charge in [0.15, 0.2) is 5.65 Å². The highest BCUT2D eigenvalue weighted by atomic mass is 35.5. The summed E-state index contributed by atoms with van der Waals surface area (Å²) in [5.41, 5.74) is 5.19. The number of carbonyl (C=O) groups is 2. The van der Waals surface area contributed by atoms with Gasteiger partial charge in [0.1, 0.15) is 40.8 Å². The van der Waals surface area contributed by atoms with Gasteiger partial charge in [-0.15, -0.1) is 10.2 Å². The van der Waals surface area contributed by atoms with Crippen molar-refractivity contribution < 1.29 is 23.1 Å². The number of ether oxygens (including phenoxy) is 1. The molecule has 0 spiro atoms. The molecule has 1 aliphatic rings. The number of hydrogen-bond acceptors (Lipinski definition) is 8. The van der Waals surface area contributed by atoms with Crippen LogP contribution in [0.1, 0.15) is 42.5 Å². The van der Waals surface area contributed by atoms with Crippen LogP contribution in [-0.2, 0) is 11.2 Å². The summed E-state index contributed by atoms with van der Waals surface area (Å²) >= 11 is 12.7. The molecule has 0 saturated carbocycles. The molecule has 15 heteroatoms. The number of nitrogens with one attached hydrogen (secondary N) is 1. The van der Waals surface area contributed by atoms with E-state index in [0.29, 0.717) is 21.4 Å². The predicted octanol–water partition coefficient (Wildman–Crippen LogP) is 5.20. The molecular weight excluding hydrogens is 605 g/mol. The number of fused-ring (bicyclic) bond motifs is 1. The van der Waals surface area contributed by atoms with Crippen LogP contribution in [0.15, 0.2) is 36.7 Å². The van der Waals surface area contributed by atoms with Gasteiger partial charge in [-0.25, -0.2) is 18.6 Å². The van der Waals surface area contributed by atoms with Crippen LogP contribution in [-0.4, -0.2) is 68.3 Å². The van der Waals surface area contributed by atoms with Gasteiger partial charge in [0.2, 0.25) is 0 Å². The van der Waals surface area contributed by atoms with Crippen molar-refractivity contribution >= 4 is 58.0 Å². The van der Waals surface area contributed by atoms with Gasteiger partial charge in [-0.3, -0.25) is 9.20 Å². The first-order valence-electron chi connectivity index (χ1n) is 13.3. The molecule has 0 bridgehead atoms. The van der Waals surface area contributed by atoms with Crippen LogP contribution in [0.2, 0.25) is 10.0 Å². The fourth-order valence-corrected chi connectivity index (χ4v) is 5.23. The molecule has 11 nitrogen and oxygen atoms in total. The number of benzene rings is 2. The number of nitrogens with two attached hydrogens (primary N) is 1. The maximum absolute atomic E-state index is 15.4. The molecule has 3 heterocycles. The second-order valence-electron chi connectivity index (χ2n) is 10.9. The monoisotopic (exact) mass is 632 g/mol. The number of anilines is 3. The first-order valence-corrected chi connectivity index (χ1v) is 14.0. The molecule has 4 aromatic rings. The van der Waals surface area contributed by atoms with Crippen molar-refractivity contribution in [1.82, 2.24) is 24.5 Å². The highest BCUT2D eigenvalue weighted by Crippen LogP contribution is 2.32. The Morgan fingerprint density at radius 2 is 1.74 bits per heavy atom. The minimum Gasteiger partial charge on any atom is -0.444 e. The molecule has 1 saturated heterocycles. The first-order chi connectivity index (χ1) is 20.3. The van der Waals surface area contributed by atoms with Crippen LogP contribution >= 0.6 is 23.2 Å². The molecule has 2 amide bonds. The quantitative estimate of drug-likeness (QED) is 0.297. The maximum Gasteiger partial charge on any atom is 0.410 e. The number of nitrogens with zero attached hydrogens (tertiary/aromatic N) is 6. The molecule has 3 N–H and O–H groups in total. The molecule has 43 heavy (non-hydrogen) atoms. The third-order valence-electron chi connectivity index (χ3n) is 6.73. The summed E-state index contributed by atoms with van der Waals surface area (Å²) in [6, 6.07) is 7.04. The molecule has 0 atom stereocenters. The maximum atomic E-state index is 15.4.